The predicted octanol–water partition coefficient (Wildman–Crippen LogP) is 2.39. The summed E-state index contributed by atoms with van der Waals surface area (Å²) in [4.78, 5) is 6.54. The lowest BCUT2D eigenvalue weighted by Gasteiger charge is -2.21. The molecule has 0 saturated carbocycles. The summed E-state index contributed by atoms with van der Waals surface area (Å²) in [5.74, 6) is 0.782. The molecule has 22 heavy (non-hydrogen) atoms. The Bertz CT molecular complexity index is 547. The smallest absolute Gasteiger partial charge is 0.193 e. The van der Waals surface area contributed by atoms with Crippen LogP contribution >= 0.6 is 24.0 Å². The van der Waals surface area contributed by atoms with Gasteiger partial charge in [-0.15, -0.1) is 24.0 Å². The summed E-state index contributed by atoms with van der Waals surface area (Å²) in [5, 5.41) is 3.10. The number of guanidine groups is 1. The van der Waals surface area contributed by atoms with E-state index in [1.807, 2.05) is 18.0 Å². The van der Waals surface area contributed by atoms with E-state index in [2.05, 4.69) is 17.2 Å². The van der Waals surface area contributed by atoms with Gasteiger partial charge in [-0.3, -0.25) is 4.99 Å². The van der Waals surface area contributed by atoms with Crippen molar-refractivity contribution in [2.75, 3.05) is 32.9 Å². The maximum Gasteiger partial charge on any atom is 0.193 e. The van der Waals surface area contributed by atoms with Gasteiger partial charge in [0.05, 0.1) is 10.6 Å². The van der Waals surface area contributed by atoms with Gasteiger partial charge in [-0.1, -0.05) is 31.5 Å². The maximum absolute atomic E-state index is 12.2. The Morgan fingerprint density at radius 2 is 1.91 bits per heavy atom. The van der Waals surface area contributed by atoms with Crippen molar-refractivity contribution in [3.8, 4) is 0 Å². The molecule has 1 aromatic rings. The second kappa shape index (κ2) is 10.8. The monoisotopic (exact) mass is 439 g/mol. The number of hydrogen-bond donors (Lipinski definition) is 1. The predicted molar refractivity (Wildman–Crippen MR) is 103 cm³/mol. The van der Waals surface area contributed by atoms with Gasteiger partial charge in [0.15, 0.2) is 15.8 Å². The molecule has 0 aromatic heterocycles. The summed E-state index contributed by atoms with van der Waals surface area (Å²) >= 11 is 0. The van der Waals surface area contributed by atoms with Crippen molar-refractivity contribution < 1.29 is 8.42 Å². The van der Waals surface area contributed by atoms with Crippen molar-refractivity contribution >= 4 is 39.8 Å². The lowest BCUT2D eigenvalue weighted by Crippen LogP contribution is -2.41. The number of aliphatic imine (C=N–C) groups is 1. The first-order chi connectivity index (χ1) is 10.0. The first-order valence-corrected chi connectivity index (χ1v) is 8.86. The third-order valence-corrected chi connectivity index (χ3v) is 4.91. The Kier molecular flexibility index (Phi) is 10.4. The molecule has 0 spiro atoms. The standard InChI is InChI=1S/C15H25N3O2S.HI/c1-4-5-12-18(3)15(16-2)17-11-13-21(19,20)14-9-7-6-8-10-14;/h6-10H,4-5,11-13H2,1-3H3,(H,16,17);1H. The highest BCUT2D eigenvalue weighted by Gasteiger charge is 2.14. The molecular formula is C15H26IN3O2S. The molecule has 0 radical (unpaired) electrons. The summed E-state index contributed by atoms with van der Waals surface area (Å²) in [6.45, 7) is 3.39. The highest BCUT2D eigenvalue weighted by Crippen LogP contribution is 2.09. The zero-order chi connectivity index (χ0) is 15.7. The molecule has 1 rings (SSSR count). The van der Waals surface area contributed by atoms with Gasteiger partial charge in [0.1, 0.15) is 0 Å². The van der Waals surface area contributed by atoms with Crippen molar-refractivity contribution in [1.82, 2.24) is 10.2 Å². The molecule has 126 valence electrons. The number of benzene rings is 1. The van der Waals surface area contributed by atoms with Crippen LogP contribution < -0.4 is 5.32 Å². The molecule has 1 aromatic carbocycles. The van der Waals surface area contributed by atoms with Crippen molar-refractivity contribution in [3.63, 3.8) is 0 Å². The molecule has 0 aliphatic rings. The summed E-state index contributed by atoms with van der Waals surface area (Å²) in [6.07, 6.45) is 2.20. The molecule has 0 unspecified atom stereocenters. The lowest BCUT2D eigenvalue weighted by molar-refractivity contribution is 0.466. The molecule has 0 aliphatic heterocycles. The number of hydrogen-bond acceptors (Lipinski definition) is 3. The van der Waals surface area contributed by atoms with Gasteiger partial charge in [0, 0.05) is 27.2 Å². The molecule has 0 amide bonds. The van der Waals surface area contributed by atoms with Crippen LogP contribution in [0.15, 0.2) is 40.2 Å². The summed E-state index contributed by atoms with van der Waals surface area (Å²) in [7, 11) is 0.417. The second-order valence-electron chi connectivity index (χ2n) is 4.88. The van der Waals surface area contributed by atoms with Crippen molar-refractivity contribution in [2.45, 2.75) is 24.7 Å². The number of sulfone groups is 1. The summed E-state index contributed by atoms with van der Waals surface area (Å²) in [5.41, 5.74) is 0. The SMILES string of the molecule is CCCCN(C)C(=NC)NCCS(=O)(=O)c1ccccc1.I. The van der Waals surface area contributed by atoms with Gasteiger partial charge in [0.25, 0.3) is 0 Å². The highest BCUT2D eigenvalue weighted by atomic mass is 127. The fourth-order valence-electron chi connectivity index (χ4n) is 1.93. The third kappa shape index (κ3) is 6.95. The van der Waals surface area contributed by atoms with Gasteiger partial charge in [-0.25, -0.2) is 8.42 Å². The van der Waals surface area contributed by atoms with Crippen molar-refractivity contribution in [1.29, 1.82) is 0 Å². The zero-order valence-corrected chi connectivity index (χ0v) is 16.6. The average Bonchev–Trinajstić information content (AvgIpc) is 2.50. The van der Waals surface area contributed by atoms with Gasteiger partial charge < -0.3 is 10.2 Å². The number of unbranched alkanes of at least 4 members (excludes halogenated alkanes) is 1. The molecule has 0 saturated heterocycles. The van der Waals surface area contributed by atoms with E-state index in [-0.39, 0.29) is 29.7 Å². The molecule has 0 heterocycles. The van der Waals surface area contributed by atoms with Crippen LogP contribution in [-0.2, 0) is 9.84 Å². The third-order valence-electron chi connectivity index (χ3n) is 3.18. The van der Waals surface area contributed by atoms with E-state index in [0.717, 1.165) is 25.3 Å². The van der Waals surface area contributed by atoms with Gasteiger partial charge in [-0.05, 0) is 18.6 Å². The summed E-state index contributed by atoms with van der Waals surface area (Å²) in [6, 6.07) is 8.52. The molecule has 0 aliphatic carbocycles. The Hall–Kier alpha value is -0.830. The van der Waals surface area contributed by atoms with Crippen LogP contribution in [0.5, 0.6) is 0 Å². The van der Waals surface area contributed by atoms with Crippen LogP contribution in [-0.4, -0.2) is 52.2 Å². The number of nitrogens with one attached hydrogen (secondary N) is 1. The molecule has 5 nitrogen and oxygen atoms in total. The van der Waals surface area contributed by atoms with E-state index in [0.29, 0.717) is 11.4 Å². The van der Waals surface area contributed by atoms with Gasteiger partial charge in [0.2, 0.25) is 0 Å². The first-order valence-electron chi connectivity index (χ1n) is 7.21. The van der Waals surface area contributed by atoms with Crippen LogP contribution in [0.25, 0.3) is 0 Å². The van der Waals surface area contributed by atoms with Gasteiger partial charge in [-0.2, -0.15) is 0 Å². The fraction of sp³-hybridized carbons (Fsp3) is 0.533. The first kappa shape index (κ1) is 21.2. The molecule has 0 bridgehead atoms. The van der Waals surface area contributed by atoms with Crippen molar-refractivity contribution in [2.24, 2.45) is 4.99 Å². The Labute approximate surface area is 151 Å². The number of nitrogens with zero attached hydrogens (tertiary/aromatic N) is 2. The number of rotatable bonds is 7. The van der Waals surface area contributed by atoms with Crippen LogP contribution in [0, 0.1) is 0 Å². The van der Waals surface area contributed by atoms with Crippen LogP contribution in [0.1, 0.15) is 19.8 Å². The van der Waals surface area contributed by atoms with E-state index < -0.39 is 9.84 Å². The van der Waals surface area contributed by atoms with Crippen LogP contribution in [0.3, 0.4) is 0 Å². The molecule has 7 heteroatoms. The maximum atomic E-state index is 12.2. The zero-order valence-electron chi connectivity index (χ0n) is 13.4. The topological polar surface area (TPSA) is 61.8 Å². The fourth-order valence-corrected chi connectivity index (χ4v) is 3.11. The van der Waals surface area contributed by atoms with Crippen molar-refractivity contribution in [3.05, 3.63) is 30.3 Å². The molecule has 1 N–H and O–H groups in total. The minimum absolute atomic E-state index is 0. The van der Waals surface area contributed by atoms with E-state index in [9.17, 15) is 8.42 Å². The highest BCUT2D eigenvalue weighted by molar-refractivity contribution is 14.0. The molecule has 0 atom stereocenters. The normalized spacial score (nSPS) is 11.7. The van der Waals surface area contributed by atoms with E-state index in [1.54, 1.807) is 31.3 Å². The molecular weight excluding hydrogens is 413 g/mol. The quantitative estimate of drug-likeness (QED) is 0.403. The summed E-state index contributed by atoms with van der Waals surface area (Å²) < 4.78 is 24.3. The van der Waals surface area contributed by atoms with E-state index in [4.69, 9.17) is 0 Å². The molecule has 0 fully saturated rings. The Morgan fingerprint density at radius 3 is 2.45 bits per heavy atom. The average molecular weight is 439 g/mol. The minimum atomic E-state index is -3.24. The largest absolute Gasteiger partial charge is 0.355 e. The second-order valence-corrected chi connectivity index (χ2v) is 6.99. The minimum Gasteiger partial charge on any atom is -0.355 e. The lowest BCUT2D eigenvalue weighted by atomic mass is 10.3. The Balaban J connectivity index is 0.00000441. The van der Waals surface area contributed by atoms with Crippen LogP contribution in [0.4, 0.5) is 0 Å². The number of halogens is 1. The Morgan fingerprint density at radius 1 is 1.27 bits per heavy atom. The van der Waals surface area contributed by atoms with Gasteiger partial charge >= 0.3 is 0 Å². The van der Waals surface area contributed by atoms with Crippen LogP contribution in [0.2, 0.25) is 0 Å². The van der Waals surface area contributed by atoms with E-state index in [1.165, 1.54) is 0 Å². The van der Waals surface area contributed by atoms with E-state index >= 15 is 0 Å².